The van der Waals surface area contributed by atoms with Gasteiger partial charge in [-0.1, -0.05) is 0 Å². The Bertz CT molecular complexity index is 391. The van der Waals surface area contributed by atoms with Gasteiger partial charge in [0.2, 0.25) is 0 Å². The van der Waals surface area contributed by atoms with Gasteiger partial charge in [-0.2, -0.15) is 5.26 Å². The molecule has 1 unspecified atom stereocenters. The lowest BCUT2D eigenvalue weighted by atomic mass is 10.0. The zero-order valence-electron chi connectivity index (χ0n) is 7.20. The van der Waals surface area contributed by atoms with Crippen LogP contribution in [-0.4, -0.2) is 10.4 Å². The molecule has 1 rings (SSSR count). The van der Waals surface area contributed by atoms with Crippen LogP contribution in [0.5, 0.6) is 0 Å². The van der Waals surface area contributed by atoms with E-state index < -0.39 is 5.92 Å². The van der Waals surface area contributed by atoms with Crippen LogP contribution < -0.4 is 5.56 Å². The van der Waals surface area contributed by atoms with Crippen molar-refractivity contribution < 1.29 is 0 Å². The predicted molar refractivity (Wildman–Crippen MR) is 50.8 cm³/mol. The SMILES string of the molecule is Cn1ccc(C(C#N)CCl)cc1=O. The molecular formula is C9H9ClN2O. The van der Waals surface area contributed by atoms with E-state index in [4.69, 9.17) is 16.9 Å². The van der Waals surface area contributed by atoms with E-state index in [-0.39, 0.29) is 11.4 Å². The highest BCUT2D eigenvalue weighted by Crippen LogP contribution is 2.13. The standard InChI is InChI=1S/C9H9ClN2O/c1-12-3-2-7(4-9(12)13)8(5-10)6-11/h2-4,8H,5H2,1H3. The molecule has 0 bridgehead atoms. The molecule has 3 nitrogen and oxygen atoms in total. The fraction of sp³-hybridized carbons (Fsp3) is 0.333. The second-order valence-corrected chi connectivity index (χ2v) is 3.05. The summed E-state index contributed by atoms with van der Waals surface area (Å²) in [5.74, 6) is -0.181. The molecule has 0 aliphatic heterocycles. The smallest absolute Gasteiger partial charge is 0.250 e. The van der Waals surface area contributed by atoms with Crippen LogP contribution in [0.1, 0.15) is 11.5 Å². The Morgan fingerprint density at radius 1 is 1.77 bits per heavy atom. The van der Waals surface area contributed by atoms with Gasteiger partial charge in [0.15, 0.2) is 0 Å². The number of alkyl halides is 1. The van der Waals surface area contributed by atoms with Crippen LogP contribution in [0.3, 0.4) is 0 Å². The molecule has 68 valence electrons. The van der Waals surface area contributed by atoms with Crippen molar-refractivity contribution >= 4 is 11.6 Å². The van der Waals surface area contributed by atoms with Gasteiger partial charge in [-0.25, -0.2) is 0 Å². The first-order chi connectivity index (χ1) is 6.19. The first-order valence-corrected chi connectivity index (χ1v) is 4.34. The average Bonchev–Trinajstić information content (AvgIpc) is 2.13. The number of nitriles is 1. The van der Waals surface area contributed by atoms with Crippen molar-refractivity contribution in [3.8, 4) is 6.07 Å². The monoisotopic (exact) mass is 196 g/mol. The van der Waals surface area contributed by atoms with Gasteiger partial charge in [-0.15, -0.1) is 11.6 Å². The van der Waals surface area contributed by atoms with E-state index in [9.17, 15) is 4.79 Å². The Balaban J connectivity index is 3.11. The van der Waals surface area contributed by atoms with E-state index >= 15 is 0 Å². The lowest BCUT2D eigenvalue weighted by molar-refractivity contribution is 0.842. The largest absolute Gasteiger partial charge is 0.319 e. The number of nitrogens with zero attached hydrogens (tertiary/aromatic N) is 2. The van der Waals surface area contributed by atoms with E-state index in [1.165, 1.54) is 10.6 Å². The number of pyridine rings is 1. The molecule has 0 N–H and O–H groups in total. The number of aromatic nitrogens is 1. The van der Waals surface area contributed by atoms with Crippen molar-refractivity contribution in [3.05, 3.63) is 34.2 Å². The Kier molecular flexibility index (Phi) is 3.10. The maximum absolute atomic E-state index is 11.2. The van der Waals surface area contributed by atoms with Crippen LogP contribution >= 0.6 is 11.6 Å². The molecule has 0 amide bonds. The van der Waals surface area contributed by atoms with Gasteiger partial charge in [0, 0.05) is 25.2 Å². The van der Waals surface area contributed by atoms with Crippen LogP contribution in [0, 0.1) is 11.3 Å². The van der Waals surface area contributed by atoms with Gasteiger partial charge >= 0.3 is 0 Å². The molecule has 4 heteroatoms. The second-order valence-electron chi connectivity index (χ2n) is 2.75. The number of rotatable bonds is 2. The number of hydrogen-bond acceptors (Lipinski definition) is 2. The van der Waals surface area contributed by atoms with Gasteiger partial charge < -0.3 is 4.57 Å². The molecule has 0 radical (unpaired) electrons. The van der Waals surface area contributed by atoms with Crippen molar-refractivity contribution in [3.63, 3.8) is 0 Å². The Morgan fingerprint density at radius 2 is 2.46 bits per heavy atom. The maximum Gasteiger partial charge on any atom is 0.250 e. The molecular weight excluding hydrogens is 188 g/mol. The van der Waals surface area contributed by atoms with Gasteiger partial charge in [0.1, 0.15) is 0 Å². The summed E-state index contributed by atoms with van der Waals surface area (Å²) in [6, 6.07) is 5.21. The van der Waals surface area contributed by atoms with E-state index in [1.54, 1.807) is 19.3 Å². The molecule has 1 heterocycles. The summed E-state index contributed by atoms with van der Waals surface area (Å²) in [6.45, 7) is 0. The van der Waals surface area contributed by atoms with Gasteiger partial charge in [-0.3, -0.25) is 4.79 Å². The number of aryl methyl sites for hydroxylation is 1. The molecule has 0 aliphatic rings. The highest BCUT2D eigenvalue weighted by Gasteiger charge is 2.09. The molecule has 0 aromatic carbocycles. The second kappa shape index (κ2) is 4.11. The van der Waals surface area contributed by atoms with Gasteiger partial charge in [-0.05, 0) is 11.6 Å². The van der Waals surface area contributed by atoms with Crippen LogP contribution in [-0.2, 0) is 7.05 Å². The third-order valence-corrected chi connectivity index (χ3v) is 2.15. The molecule has 0 spiro atoms. The summed E-state index contributed by atoms with van der Waals surface area (Å²) in [4.78, 5) is 11.2. The Labute approximate surface area is 81.2 Å². The molecule has 1 aromatic rings. The normalized spacial score (nSPS) is 12.1. The van der Waals surface area contributed by atoms with E-state index in [0.29, 0.717) is 5.56 Å². The van der Waals surface area contributed by atoms with Crippen molar-refractivity contribution in [1.82, 2.24) is 4.57 Å². The summed E-state index contributed by atoms with van der Waals surface area (Å²) < 4.78 is 1.45. The van der Waals surface area contributed by atoms with Gasteiger partial charge in [0.25, 0.3) is 5.56 Å². The molecule has 0 saturated heterocycles. The van der Waals surface area contributed by atoms with Gasteiger partial charge in [0.05, 0.1) is 12.0 Å². The van der Waals surface area contributed by atoms with Crippen LogP contribution in [0.25, 0.3) is 0 Å². The first kappa shape index (κ1) is 9.82. The lowest BCUT2D eigenvalue weighted by Crippen LogP contribution is -2.16. The minimum atomic E-state index is -0.393. The predicted octanol–water partition coefficient (Wildman–Crippen LogP) is 1.23. The lowest BCUT2D eigenvalue weighted by Gasteiger charge is -2.04. The summed E-state index contributed by atoms with van der Waals surface area (Å²) in [7, 11) is 1.66. The summed E-state index contributed by atoms with van der Waals surface area (Å²) >= 11 is 5.56. The van der Waals surface area contributed by atoms with Crippen LogP contribution in [0.2, 0.25) is 0 Å². The van der Waals surface area contributed by atoms with Crippen molar-refractivity contribution in [2.45, 2.75) is 5.92 Å². The third kappa shape index (κ3) is 2.10. The maximum atomic E-state index is 11.2. The van der Waals surface area contributed by atoms with Crippen molar-refractivity contribution in [2.24, 2.45) is 7.05 Å². The zero-order valence-corrected chi connectivity index (χ0v) is 7.95. The minimum absolute atomic E-state index is 0.122. The minimum Gasteiger partial charge on any atom is -0.319 e. The third-order valence-electron chi connectivity index (χ3n) is 1.84. The fourth-order valence-electron chi connectivity index (χ4n) is 0.979. The number of hydrogen-bond donors (Lipinski definition) is 0. The molecule has 1 atom stereocenters. The van der Waals surface area contributed by atoms with Crippen molar-refractivity contribution in [2.75, 3.05) is 5.88 Å². The molecule has 1 aromatic heterocycles. The molecule has 0 saturated carbocycles. The zero-order chi connectivity index (χ0) is 9.84. The van der Waals surface area contributed by atoms with Crippen LogP contribution in [0.15, 0.2) is 23.1 Å². The summed E-state index contributed by atoms with van der Waals surface area (Å²) in [5.41, 5.74) is 0.559. The van der Waals surface area contributed by atoms with Crippen LogP contribution in [0.4, 0.5) is 0 Å². The Hall–Kier alpha value is -1.27. The highest BCUT2D eigenvalue weighted by molar-refractivity contribution is 6.18. The quantitative estimate of drug-likeness (QED) is 0.668. The summed E-state index contributed by atoms with van der Waals surface area (Å²) in [5, 5.41) is 8.70. The molecule has 0 aliphatic carbocycles. The average molecular weight is 197 g/mol. The molecule has 0 fully saturated rings. The summed E-state index contributed by atoms with van der Waals surface area (Å²) in [6.07, 6.45) is 1.63. The topological polar surface area (TPSA) is 45.8 Å². The molecule has 13 heavy (non-hydrogen) atoms. The number of halogens is 1. The highest BCUT2D eigenvalue weighted by atomic mass is 35.5. The Morgan fingerprint density at radius 3 is 2.92 bits per heavy atom. The first-order valence-electron chi connectivity index (χ1n) is 3.81. The fourth-order valence-corrected chi connectivity index (χ4v) is 1.23. The van der Waals surface area contributed by atoms with Crippen molar-refractivity contribution in [1.29, 1.82) is 5.26 Å². The van der Waals surface area contributed by atoms with E-state index in [1.807, 2.05) is 6.07 Å². The van der Waals surface area contributed by atoms with E-state index in [0.717, 1.165) is 0 Å². The van der Waals surface area contributed by atoms with E-state index in [2.05, 4.69) is 0 Å².